The molecule has 0 atom stereocenters. The Kier molecular flexibility index (Phi) is 4.90. The lowest BCUT2D eigenvalue weighted by atomic mass is 9.54. The molecule has 5 aromatic carbocycles. The SMILES string of the molecule is CC1(C)c2ccccc2C2(C3=C(C=C(c4cccc5oc6ccccc6c45)CC3)c3c(C=N)cccc32)c2ccccc21. The summed E-state index contributed by atoms with van der Waals surface area (Å²) >= 11 is 0. The summed E-state index contributed by atoms with van der Waals surface area (Å²) in [6, 6.07) is 39.6. The Hall–Kier alpha value is -4.95. The average Bonchev–Trinajstić information content (AvgIpc) is 3.58. The van der Waals surface area contributed by atoms with Crippen LogP contribution in [-0.4, -0.2) is 6.21 Å². The molecule has 0 bridgehead atoms. The monoisotopic (exact) mass is 553 g/mol. The van der Waals surface area contributed by atoms with Gasteiger partial charge in [0, 0.05) is 28.0 Å². The highest BCUT2D eigenvalue weighted by Crippen LogP contribution is 2.64. The lowest BCUT2D eigenvalue weighted by Gasteiger charge is -2.48. The molecule has 9 rings (SSSR count). The maximum absolute atomic E-state index is 8.48. The van der Waals surface area contributed by atoms with Gasteiger partial charge in [-0.25, -0.2) is 0 Å². The van der Waals surface area contributed by atoms with Crippen LogP contribution in [0.1, 0.15) is 71.2 Å². The molecule has 2 nitrogen and oxygen atoms in total. The van der Waals surface area contributed by atoms with Crippen molar-refractivity contribution in [3.8, 4) is 0 Å². The van der Waals surface area contributed by atoms with E-state index >= 15 is 0 Å². The van der Waals surface area contributed by atoms with E-state index < -0.39 is 0 Å². The zero-order valence-corrected chi connectivity index (χ0v) is 24.4. The number of allylic oxidation sites excluding steroid dienone is 4. The molecule has 6 aromatic rings. The minimum atomic E-state index is -0.386. The van der Waals surface area contributed by atoms with E-state index in [1.807, 2.05) is 6.07 Å². The van der Waals surface area contributed by atoms with E-state index in [-0.39, 0.29) is 10.8 Å². The first kappa shape index (κ1) is 24.6. The fourth-order valence-electron chi connectivity index (χ4n) is 8.68. The summed E-state index contributed by atoms with van der Waals surface area (Å²) in [5.74, 6) is 0. The molecule has 3 aliphatic rings. The first-order valence-corrected chi connectivity index (χ1v) is 15.2. The van der Waals surface area contributed by atoms with Gasteiger partial charge in [0.25, 0.3) is 0 Å². The molecule has 0 saturated carbocycles. The molecule has 1 aromatic heterocycles. The second-order valence-corrected chi connectivity index (χ2v) is 12.7. The summed E-state index contributed by atoms with van der Waals surface area (Å²) in [5.41, 5.74) is 15.7. The lowest BCUT2D eigenvalue weighted by Crippen LogP contribution is -2.41. The van der Waals surface area contributed by atoms with E-state index in [0.29, 0.717) is 0 Å². The molecule has 1 heterocycles. The Morgan fingerprint density at radius 2 is 1.28 bits per heavy atom. The van der Waals surface area contributed by atoms with Gasteiger partial charge in [-0.3, -0.25) is 0 Å². The highest BCUT2D eigenvalue weighted by Gasteiger charge is 2.54. The van der Waals surface area contributed by atoms with Crippen LogP contribution in [0.15, 0.2) is 125 Å². The van der Waals surface area contributed by atoms with Gasteiger partial charge < -0.3 is 9.83 Å². The number of furan rings is 1. The van der Waals surface area contributed by atoms with Gasteiger partial charge in [-0.15, -0.1) is 0 Å². The van der Waals surface area contributed by atoms with Crippen molar-refractivity contribution >= 4 is 39.3 Å². The first-order valence-electron chi connectivity index (χ1n) is 15.2. The lowest BCUT2D eigenvalue weighted by molar-refractivity contribution is 0.550. The van der Waals surface area contributed by atoms with E-state index in [2.05, 4.69) is 123 Å². The van der Waals surface area contributed by atoms with E-state index in [1.54, 1.807) is 6.21 Å². The van der Waals surface area contributed by atoms with Gasteiger partial charge in [-0.2, -0.15) is 0 Å². The smallest absolute Gasteiger partial charge is 0.136 e. The largest absolute Gasteiger partial charge is 0.456 e. The molecule has 0 saturated heterocycles. The van der Waals surface area contributed by atoms with Crippen LogP contribution in [0.3, 0.4) is 0 Å². The van der Waals surface area contributed by atoms with E-state index in [1.165, 1.54) is 61.0 Å². The predicted octanol–water partition coefficient (Wildman–Crippen LogP) is 10.2. The molecule has 1 spiro atoms. The van der Waals surface area contributed by atoms with E-state index in [0.717, 1.165) is 35.0 Å². The normalized spacial score (nSPS) is 17.4. The van der Waals surface area contributed by atoms with Crippen LogP contribution in [-0.2, 0) is 10.8 Å². The Bertz CT molecular complexity index is 2190. The summed E-state index contributed by atoms with van der Waals surface area (Å²) < 4.78 is 6.28. The Morgan fingerprint density at radius 3 is 2.02 bits per heavy atom. The Balaban J connectivity index is 1.39. The summed E-state index contributed by atoms with van der Waals surface area (Å²) in [6.45, 7) is 4.73. The van der Waals surface area contributed by atoms with Gasteiger partial charge in [0.2, 0.25) is 0 Å². The second kappa shape index (κ2) is 8.55. The van der Waals surface area contributed by atoms with Gasteiger partial charge in [0.15, 0.2) is 0 Å². The average molecular weight is 554 g/mol. The number of fused-ring (bicyclic) bond motifs is 11. The highest BCUT2D eigenvalue weighted by atomic mass is 16.3. The van der Waals surface area contributed by atoms with Gasteiger partial charge >= 0.3 is 0 Å². The number of para-hydroxylation sites is 1. The van der Waals surface area contributed by atoms with Gasteiger partial charge in [-0.05, 0) is 80.6 Å². The van der Waals surface area contributed by atoms with Crippen molar-refractivity contribution in [2.75, 3.05) is 0 Å². The van der Waals surface area contributed by atoms with Crippen molar-refractivity contribution in [2.24, 2.45) is 0 Å². The number of benzene rings is 5. The van der Waals surface area contributed by atoms with Crippen LogP contribution in [0.4, 0.5) is 0 Å². The molecular weight excluding hydrogens is 522 g/mol. The summed E-state index contributed by atoms with van der Waals surface area (Å²) in [6.07, 6.45) is 5.88. The number of nitrogens with one attached hydrogen (secondary N) is 1. The van der Waals surface area contributed by atoms with Crippen LogP contribution in [0.2, 0.25) is 0 Å². The molecule has 0 unspecified atom stereocenters. The molecule has 0 amide bonds. The van der Waals surface area contributed by atoms with Crippen molar-refractivity contribution < 1.29 is 4.42 Å². The summed E-state index contributed by atoms with van der Waals surface area (Å²) in [5, 5.41) is 10.8. The zero-order valence-electron chi connectivity index (χ0n) is 24.4. The molecule has 1 N–H and O–H groups in total. The topological polar surface area (TPSA) is 37.0 Å². The molecule has 0 fully saturated rings. The predicted molar refractivity (Wildman–Crippen MR) is 177 cm³/mol. The van der Waals surface area contributed by atoms with Crippen LogP contribution in [0.5, 0.6) is 0 Å². The number of hydrogen-bond donors (Lipinski definition) is 1. The van der Waals surface area contributed by atoms with Gasteiger partial charge in [0.05, 0.1) is 5.41 Å². The molecule has 2 heteroatoms. The highest BCUT2D eigenvalue weighted by molar-refractivity contribution is 6.12. The van der Waals surface area contributed by atoms with Crippen molar-refractivity contribution in [3.63, 3.8) is 0 Å². The Morgan fingerprint density at radius 1 is 0.651 bits per heavy atom. The van der Waals surface area contributed by atoms with E-state index in [4.69, 9.17) is 9.83 Å². The standard InChI is InChI=1S/C41H31NO/c1-40(2)31-14-4-6-16-33(31)41(34-17-7-5-15-32(34)40)30-22-21-25(23-29(30)38-26(24-42)11-9-18-35(38)41)27-13-10-20-37-39(27)28-12-3-8-19-36(28)43-37/h3-20,23-24,42H,21-22H2,1-2H3. The molecule has 0 radical (unpaired) electrons. The van der Waals surface area contributed by atoms with Crippen LogP contribution in [0.25, 0.3) is 33.1 Å². The van der Waals surface area contributed by atoms with Gasteiger partial charge in [0.1, 0.15) is 11.2 Å². The van der Waals surface area contributed by atoms with Gasteiger partial charge in [-0.1, -0.05) is 117 Å². The minimum absolute atomic E-state index is 0.116. The maximum atomic E-state index is 8.48. The first-order chi connectivity index (χ1) is 21.0. The fourth-order valence-corrected chi connectivity index (χ4v) is 8.68. The third-order valence-corrected chi connectivity index (χ3v) is 10.4. The molecular formula is C41H31NO. The third kappa shape index (κ3) is 3.01. The third-order valence-electron chi connectivity index (χ3n) is 10.4. The summed E-state index contributed by atoms with van der Waals surface area (Å²) in [7, 11) is 0. The van der Waals surface area contributed by atoms with Crippen LogP contribution in [0, 0.1) is 5.41 Å². The molecule has 43 heavy (non-hydrogen) atoms. The minimum Gasteiger partial charge on any atom is -0.456 e. The van der Waals surface area contributed by atoms with Crippen LogP contribution < -0.4 is 0 Å². The number of rotatable bonds is 2. The Labute approximate surface area is 251 Å². The van der Waals surface area contributed by atoms with Crippen molar-refractivity contribution in [1.29, 1.82) is 5.41 Å². The van der Waals surface area contributed by atoms with Crippen LogP contribution >= 0.6 is 0 Å². The number of hydrogen-bond acceptors (Lipinski definition) is 2. The van der Waals surface area contributed by atoms with Crippen molar-refractivity contribution in [3.05, 3.63) is 165 Å². The molecule has 206 valence electrons. The maximum Gasteiger partial charge on any atom is 0.136 e. The quantitative estimate of drug-likeness (QED) is 0.213. The van der Waals surface area contributed by atoms with Crippen molar-refractivity contribution in [2.45, 2.75) is 37.5 Å². The van der Waals surface area contributed by atoms with Crippen molar-refractivity contribution in [1.82, 2.24) is 0 Å². The fraction of sp³-hybridized carbons (Fsp3) is 0.146. The summed E-state index contributed by atoms with van der Waals surface area (Å²) in [4.78, 5) is 0. The molecule has 0 aliphatic heterocycles. The zero-order chi connectivity index (χ0) is 28.9. The second-order valence-electron chi connectivity index (χ2n) is 12.7. The van der Waals surface area contributed by atoms with E-state index in [9.17, 15) is 0 Å². The molecule has 3 aliphatic carbocycles.